The first-order chi connectivity index (χ1) is 11.2. The van der Waals surface area contributed by atoms with E-state index in [0.717, 1.165) is 16.5 Å². The van der Waals surface area contributed by atoms with Gasteiger partial charge in [0.1, 0.15) is 5.82 Å². The number of carbonyl (C=O) groups is 1. The number of carboxylic acid groups (broad SMARTS) is 1. The van der Waals surface area contributed by atoms with Crippen molar-refractivity contribution in [2.45, 2.75) is 51.0 Å². The van der Waals surface area contributed by atoms with Gasteiger partial charge in [-0.3, -0.25) is 9.78 Å². The molecule has 0 atom stereocenters. The molecule has 1 saturated carbocycles. The van der Waals surface area contributed by atoms with Crippen LogP contribution in [-0.2, 0) is 4.79 Å². The second-order valence-corrected chi connectivity index (χ2v) is 7.30. The number of hydrogen-bond acceptors (Lipinski definition) is 3. The first-order valence-electron chi connectivity index (χ1n) is 8.24. The first kappa shape index (κ1) is 16.8. The molecule has 128 valence electrons. The van der Waals surface area contributed by atoms with E-state index >= 15 is 0 Å². The molecule has 0 spiro atoms. The summed E-state index contributed by atoms with van der Waals surface area (Å²) < 4.78 is 13.6. The largest absolute Gasteiger partial charge is 0.481 e. The van der Waals surface area contributed by atoms with Crippen LogP contribution in [0.3, 0.4) is 0 Å². The number of aliphatic hydroxyl groups is 1. The predicted molar refractivity (Wildman–Crippen MR) is 89.3 cm³/mol. The van der Waals surface area contributed by atoms with Crippen molar-refractivity contribution in [1.29, 1.82) is 0 Å². The lowest BCUT2D eigenvalue weighted by Crippen LogP contribution is -2.51. The maximum Gasteiger partial charge on any atom is 0.312 e. The van der Waals surface area contributed by atoms with Crippen molar-refractivity contribution >= 4 is 16.9 Å². The maximum absolute atomic E-state index is 13.6. The summed E-state index contributed by atoms with van der Waals surface area (Å²) in [4.78, 5) is 15.8. The molecule has 1 aromatic heterocycles. The first-order valence-corrected chi connectivity index (χ1v) is 8.24. The Morgan fingerprint density at radius 2 is 1.96 bits per heavy atom. The molecule has 0 bridgehead atoms. The van der Waals surface area contributed by atoms with Gasteiger partial charge in [0.2, 0.25) is 0 Å². The number of aliphatic carboxylic acids is 1. The van der Waals surface area contributed by atoms with Crippen molar-refractivity contribution < 1.29 is 19.4 Å². The molecule has 2 N–H and O–H groups in total. The highest BCUT2D eigenvalue weighted by molar-refractivity contribution is 5.82. The number of carboxylic acids is 1. The lowest BCUT2D eigenvalue weighted by atomic mass is 9.64. The van der Waals surface area contributed by atoms with Gasteiger partial charge in [0, 0.05) is 11.6 Å². The zero-order valence-electron chi connectivity index (χ0n) is 13.9. The molecule has 1 aliphatic carbocycles. The van der Waals surface area contributed by atoms with Gasteiger partial charge in [-0.15, -0.1) is 0 Å². The maximum atomic E-state index is 13.6. The molecular formula is C19H22FNO3. The minimum atomic E-state index is -1.22. The van der Waals surface area contributed by atoms with Crippen LogP contribution in [0, 0.1) is 11.2 Å². The average molecular weight is 331 g/mol. The molecule has 2 aromatic rings. The molecule has 24 heavy (non-hydrogen) atoms. The monoisotopic (exact) mass is 331 g/mol. The van der Waals surface area contributed by atoms with Crippen LogP contribution in [0.4, 0.5) is 4.39 Å². The van der Waals surface area contributed by atoms with Crippen LogP contribution in [0.5, 0.6) is 0 Å². The number of aromatic nitrogens is 1. The number of nitrogens with zero attached hydrogens (tertiary/aromatic N) is 1. The van der Waals surface area contributed by atoms with Gasteiger partial charge >= 0.3 is 5.97 Å². The fourth-order valence-corrected chi connectivity index (χ4v) is 3.73. The Hall–Kier alpha value is -2.01. The summed E-state index contributed by atoms with van der Waals surface area (Å²) in [5, 5.41) is 21.0. The number of rotatable bonds is 3. The molecule has 0 saturated heterocycles. The third-order valence-electron chi connectivity index (χ3n) is 5.69. The molecular weight excluding hydrogens is 309 g/mol. The smallest absolute Gasteiger partial charge is 0.312 e. The van der Waals surface area contributed by atoms with E-state index < -0.39 is 17.0 Å². The third-order valence-corrected chi connectivity index (χ3v) is 5.69. The fraction of sp³-hybridized carbons (Fsp3) is 0.474. The number of fused-ring (bicyclic) bond motifs is 1. The van der Waals surface area contributed by atoms with Gasteiger partial charge in [-0.2, -0.15) is 0 Å². The second kappa shape index (κ2) is 5.81. The highest BCUT2D eigenvalue weighted by Gasteiger charge is 2.50. The SMILES string of the molecule is CC(C)(C(=O)O)C1(O)CCC(c2ccnc3ccc(F)cc23)CC1. The average Bonchev–Trinajstić information content (AvgIpc) is 2.55. The lowest BCUT2D eigenvalue weighted by molar-refractivity contribution is -0.169. The van der Waals surface area contributed by atoms with Crippen LogP contribution in [0.15, 0.2) is 30.5 Å². The second-order valence-electron chi connectivity index (χ2n) is 7.30. The zero-order valence-corrected chi connectivity index (χ0v) is 13.9. The highest BCUT2D eigenvalue weighted by Crippen LogP contribution is 2.47. The van der Waals surface area contributed by atoms with Crippen molar-refractivity contribution in [3.63, 3.8) is 0 Å². The van der Waals surface area contributed by atoms with Gasteiger partial charge in [-0.25, -0.2) is 4.39 Å². The number of pyridine rings is 1. The molecule has 0 unspecified atom stereocenters. The minimum absolute atomic E-state index is 0.169. The van der Waals surface area contributed by atoms with Gasteiger partial charge in [0.25, 0.3) is 0 Å². The van der Waals surface area contributed by atoms with Gasteiger partial charge in [-0.05, 0) is 75.3 Å². The molecule has 0 amide bonds. The molecule has 0 radical (unpaired) electrons. The summed E-state index contributed by atoms with van der Waals surface area (Å²) in [6, 6.07) is 6.47. The van der Waals surface area contributed by atoms with E-state index in [2.05, 4.69) is 4.98 Å². The predicted octanol–water partition coefficient (Wildman–Crippen LogP) is 3.87. The fourth-order valence-electron chi connectivity index (χ4n) is 3.73. The molecule has 5 heteroatoms. The molecule has 1 aromatic carbocycles. The van der Waals surface area contributed by atoms with E-state index in [1.54, 1.807) is 26.1 Å². The van der Waals surface area contributed by atoms with Crippen molar-refractivity contribution in [3.8, 4) is 0 Å². The molecule has 1 fully saturated rings. The molecule has 1 aliphatic rings. The van der Waals surface area contributed by atoms with Crippen molar-refractivity contribution in [2.75, 3.05) is 0 Å². The Morgan fingerprint density at radius 1 is 1.29 bits per heavy atom. The minimum Gasteiger partial charge on any atom is -0.481 e. The standard InChI is InChI=1S/C19H22FNO3/c1-18(2,17(22)23)19(24)8-5-12(6-9-19)14-7-10-21-16-4-3-13(20)11-15(14)16/h3-4,7,10-12,24H,5-6,8-9H2,1-2H3,(H,22,23). The summed E-state index contributed by atoms with van der Waals surface area (Å²) in [5.41, 5.74) is -0.636. The Kier molecular flexibility index (Phi) is 4.08. The van der Waals surface area contributed by atoms with E-state index in [4.69, 9.17) is 0 Å². The topological polar surface area (TPSA) is 70.4 Å². The quantitative estimate of drug-likeness (QED) is 0.895. The van der Waals surface area contributed by atoms with Crippen LogP contribution in [0.2, 0.25) is 0 Å². The summed E-state index contributed by atoms with van der Waals surface area (Å²) in [5.74, 6) is -1.11. The number of hydrogen-bond donors (Lipinski definition) is 2. The van der Waals surface area contributed by atoms with Crippen LogP contribution in [0.1, 0.15) is 51.0 Å². The normalized spacial score (nSPS) is 24.9. The van der Waals surface area contributed by atoms with Gasteiger partial charge in [0.05, 0.1) is 16.5 Å². The number of benzene rings is 1. The zero-order chi connectivity index (χ0) is 17.5. The van der Waals surface area contributed by atoms with Crippen molar-refractivity contribution in [2.24, 2.45) is 5.41 Å². The summed E-state index contributed by atoms with van der Waals surface area (Å²) >= 11 is 0. The Morgan fingerprint density at radius 3 is 2.58 bits per heavy atom. The molecule has 1 heterocycles. The summed E-state index contributed by atoms with van der Waals surface area (Å²) in [6.45, 7) is 3.15. The van der Waals surface area contributed by atoms with Crippen LogP contribution in [-0.4, -0.2) is 26.8 Å². The van der Waals surface area contributed by atoms with Crippen LogP contribution in [0.25, 0.3) is 10.9 Å². The lowest BCUT2D eigenvalue weighted by Gasteiger charge is -2.44. The van der Waals surface area contributed by atoms with Crippen molar-refractivity contribution in [1.82, 2.24) is 4.98 Å². The molecule has 4 nitrogen and oxygen atoms in total. The van der Waals surface area contributed by atoms with E-state index in [0.29, 0.717) is 25.7 Å². The van der Waals surface area contributed by atoms with E-state index in [1.165, 1.54) is 12.1 Å². The van der Waals surface area contributed by atoms with E-state index in [-0.39, 0.29) is 11.7 Å². The van der Waals surface area contributed by atoms with E-state index in [9.17, 15) is 19.4 Å². The third kappa shape index (κ3) is 2.67. The van der Waals surface area contributed by atoms with Crippen LogP contribution >= 0.6 is 0 Å². The molecule has 3 rings (SSSR count). The highest BCUT2D eigenvalue weighted by atomic mass is 19.1. The van der Waals surface area contributed by atoms with E-state index in [1.807, 2.05) is 6.07 Å². The Labute approximate surface area is 140 Å². The Balaban J connectivity index is 1.88. The van der Waals surface area contributed by atoms with Crippen molar-refractivity contribution in [3.05, 3.63) is 41.8 Å². The number of halogens is 1. The Bertz CT molecular complexity index is 779. The molecule has 0 aliphatic heterocycles. The van der Waals surface area contributed by atoms with Gasteiger partial charge in [-0.1, -0.05) is 0 Å². The van der Waals surface area contributed by atoms with Crippen LogP contribution < -0.4 is 0 Å². The summed E-state index contributed by atoms with van der Waals surface area (Å²) in [6.07, 6.45) is 3.88. The van der Waals surface area contributed by atoms with Gasteiger partial charge in [0.15, 0.2) is 0 Å². The van der Waals surface area contributed by atoms with Gasteiger partial charge < -0.3 is 10.2 Å². The summed E-state index contributed by atoms with van der Waals surface area (Å²) in [7, 11) is 0.